The summed E-state index contributed by atoms with van der Waals surface area (Å²) < 4.78 is 5.94. The molecule has 3 atom stereocenters. The third kappa shape index (κ3) is 5.73. The molecule has 8 heteroatoms. The van der Waals surface area contributed by atoms with Crippen molar-refractivity contribution in [1.29, 1.82) is 0 Å². The van der Waals surface area contributed by atoms with Crippen molar-refractivity contribution in [3.05, 3.63) is 51.9 Å². The Labute approximate surface area is 201 Å². The number of allylic oxidation sites excluding steroid dienone is 1. The van der Waals surface area contributed by atoms with Crippen LogP contribution in [0.5, 0.6) is 0 Å². The number of nitrogens with zero attached hydrogens (tertiary/aromatic N) is 4. The molecule has 0 saturated carbocycles. The fourth-order valence-corrected chi connectivity index (χ4v) is 5.52. The zero-order chi connectivity index (χ0) is 24.2. The first-order valence-corrected chi connectivity index (χ1v) is 12.4. The molecular formula is C26H36N4O4. The van der Waals surface area contributed by atoms with Gasteiger partial charge in [0.25, 0.3) is 5.69 Å². The highest BCUT2D eigenvalue weighted by molar-refractivity contribution is 5.55. The molecular weight excluding hydrogens is 432 g/mol. The molecule has 1 aromatic carbocycles. The molecule has 8 nitrogen and oxygen atoms in total. The predicted octanol–water partition coefficient (Wildman–Crippen LogP) is 4.75. The van der Waals surface area contributed by atoms with Crippen LogP contribution in [-0.2, 0) is 6.42 Å². The molecule has 2 aliphatic rings. The second-order valence-electron chi connectivity index (χ2n) is 10.4. The van der Waals surface area contributed by atoms with E-state index < -0.39 is 4.92 Å². The molecule has 4 rings (SSSR count). The van der Waals surface area contributed by atoms with Gasteiger partial charge in [-0.05, 0) is 81.0 Å². The van der Waals surface area contributed by atoms with E-state index in [4.69, 9.17) is 4.42 Å². The second kappa shape index (κ2) is 10.8. The van der Waals surface area contributed by atoms with Gasteiger partial charge in [0.2, 0.25) is 11.8 Å². The van der Waals surface area contributed by atoms with Crippen LogP contribution in [0.4, 0.5) is 5.69 Å². The van der Waals surface area contributed by atoms with Crippen molar-refractivity contribution in [2.45, 2.75) is 46.5 Å². The molecule has 184 valence electrons. The van der Waals surface area contributed by atoms with Gasteiger partial charge in [-0.25, -0.2) is 0 Å². The van der Waals surface area contributed by atoms with Crippen LogP contribution < -0.4 is 0 Å². The summed E-state index contributed by atoms with van der Waals surface area (Å²) in [4.78, 5) is 13.0. The highest BCUT2D eigenvalue weighted by atomic mass is 16.6. The molecule has 1 aliphatic carbocycles. The average molecular weight is 469 g/mol. The van der Waals surface area contributed by atoms with E-state index in [0.717, 1.165) is 38.9 Å². The van der Waals surface area contributed by atoms with Gasteiger partial charge < -0.3 is 14.4 Å². The number of nitro groups is 1. The molecule has 1 aliphatic heterocycles. The largest absolute Gasteiger partial charge is 0.421 e. The summed E-state index contributed by atoms with van der Waals surface area (Å²) in [7, 11) is 0. The molecule has 0 radical (unpaired) electrons. The first-order valence-electron chi connectivity index (χ1n) is 12.4. The summed E-state index contributed by atoms with van der Waals surface area (Å²) in [6.07, 6.45) is 6.47. The van der Waals surface area contributed by atoms with Crippen molar-refractivity contribution >= 4 is 5.69 Å². The summed E-state index contributed by atoms with van der Waals surface area (Å²) in [5.41, 5.74) is 2.12. The Balaban J connectivity index is 1.42. The molecule has 0 unspecified atom stereocenters. The summed E-state index contributed by atoms with van der Waals surface area (Å²) in [5.74, 6) is 3.57. The van der Waals surface area contributed by atoms with E-state index in [1.165, 1.54) is 17.7 Å². The second-order valence-corrected chi connectivity index (χ2v) is 10.4. The number of hydrogen-bond donors (Lipinski definition) is 1. The number of piperidine rings is 1. The summed E-state index contributed by atoms with van der Waals surface area (Å²) >= 11 is 0. The smallest absolute Gasteiger partial charge is 0.269 e. The minimum Gasteiger partial charge on any atom is -0.421 e. The summed E-state index contributed by atoms with van der Waals surface area (Å²) in [6, 6.07) is 6.19. The van der Waals surface area contributed by atoms with Gasteiger partial charge in [-0.2, -0.15) is 0 Å². The van der Waals surface area contributed by atoms with Crippen molar-refractivity contribution in [2.24, 2.45) is 29.6 Å². The van der Waals surface area contributed by atoms with Gasteiger partial charge >= 0.3 is 0 Å². The molecule has 1 N–H and O–H groups in total. The minimum atomic E-state index is -0.420. The lowest BCUT2D eigenvalue weighted by Crippen LogP contribution is -2.41. The van der Waals surface area contributed by atoms with E-state index >= 15 is 0 Å². The van der Waals surface area contributed by atoms with Crippen molar-refractivity contribution in [2.75, 3.05) is 26.2 Å². The Kier molecular flexibility index (Phi) is 7.78. The molecule has 1 fully saturated rings. The Bertz CT molecular complexity index is 992. The van der Waals surface area contributed by atoms with Crippen LogP contribution in [-0.4, -0.2) is 51.4 Å². The van der Waals surface area contributed by atoms with Crippen LogP contribution in [0.15, 0.2) is 40.3 Å². The number of likely N-dealkylation sites (tertiary alicyclic amines) is 1. The summed E-state index contributed by atoms with van der Waals surface area (Å²) in [5, 5.41) is 28.8. The number of non-ortho nitro benzene ring substituents is 1. The molecule has 34 heavy (non-hydrogen) atoms. The van der Waals surface area contributed by atoms with Gasteiger partial charge in [-0.15, -0.1) is 10.2 Å². The zero-order valence-electron chi connectivity index (χ0n) is 20.4. The quantitative estimate of drug-likeness (QED) is 0.339. The van der Waals surface area contributed by atoms with E-state index in [-0.39, 0.29) is 5.69 Å². The number of hydrogen-bond acceptors (Lipinski definition) is 7. The predicted molar refractivity (Wildman–Crippen MR) is 130 cm³/mol. The fourth-order valence-electron chi connectivity index (χ4n) is 5.52. The Hall–Kier alpha value is -2.58. The van der Waals surface area contributed by atoms with Gasteiger partial charge in [-0.3, -0.25) is 10.1 Å². The van der Waals surface area contributed by atoms with Crippen LogP contribution in [0.1, 0.15) is 45.9 Å². The minimum absolute atomic E-state index is 0.0403. The number of rotatable bonds is 8. The lowest BCUT2D eigenvalue weighted by atomic mass is 9.69. The number of aliphatic hydroxyl groups excluding tert-OH is 1. The van der Waals surface area contributed by atoms with E-state index in [1.807, 2.05) is 0 Å². The lowest BCUT2D eigenvalue weighted by molar-refractivity contribution is -0.384. The molecule has 0 bridgehead atoms. The standard InChI is InChI=1S/C26H36N4O4/c1-17(2)24-13-21(18(3)12-22(24)15-29-10-8-19(16-31)9-11-29)14-25-27-28-26(34-25)20-4-6-23(7-5-20)30(32)33/h4-7,12,17,19,21-22,24,31H,8-11,13-16H2,1-3H3/t21-,22-,24-/m0/s1. The third-order valence-electron chi connectivity index (χ3n) is 7.73. The molecule has 1 saturated heterocycles. The molecule has 0 spiro atoms. The maximum absolute atomic E-state index is 10.9. The van der Waals surface area contributed by atoms with E-state index in [1.54, 1.807) is 12.1 Å². The Morgan fingerprint density at radius 3 is 2.53 bits per heavy atom. The fraction of sp³-hybridized carbons (Fsp3) is 0.615. The van der Waals surface area contributed by atoms with Crippen LogP contribution in [0.3, 0.4) is 0 Å². The first kappa shape index (κ1) is 24.5. The van der Waals surface area contributed by atoms with Crippen LogP contribution >= 0.6 is 0 Å². The van der Waals surface area contributed by atoms with Gasteiger partial charge in [0, 0.05) is 37.3 Å². The average Bonchev–Trinajstić information content (AvgIpc) is 3.29. The van der Waals surface area contributed by atoms with Gasteiger partial charge in [-0.1, -0.05) is 25.5 Å². The number of aromatic nitrogens is 2. The SMILES string of the molecule is CC1=C[C@@H](CN2CCC(CO)CC2)[C@H](C(C)C)C[C@H]1Cc1nnc(-c2ccc([N+](=O)[O-])cc2)o1. The molecule has 2 aromatic rings. The van der Waals surface area contributed by atoms with Crippen LogP contribution in [0.25, 0.3) is 11.5 Å². The normalized spacial score (nSPS) is 24.4. The van der Waals surface area contributed by atoms with Crippen molar-refractivity contribution in [3.63, 3.8) is 0 Å². The van der Waals surface area contributed by atoms with E-state index in [2.05, 4.69) is 41.9 Å². The molecule has 0 amide bonds. The molecule has 1 aromatic heterocycles. The van der Waals surface area contributed by atoms with Crippen molar-refractivity contribution < 1.29 is 14.4 Å². The van der Waals surface area contributed by atoms with E-state index in [9.17, 15) is 15.2 Å². The maximum Gasteiger partial charge on any atom is 0.269 e. The van der Waals surface area contributed by atoms with Gasteiger partial charge in [0.15, 0.2) is 0 Å². The van der Waals surface area contributed by atoms with Crippen molar-refractivity contribution in [1.82, 2.24) is 15.1 Å². The summed E-state index contributed by atoms with van der Waals surface area (Å²) in [6.45, 7) is 10.4. The monoisotopic (exact) mass is 468 g/mol. The third-order valence-corrected chi connectivity index (χ3v) is 7.73. The van der Waals surface area contributed by atoms with Gasteiger partial charge in [0.1, 0.15) is 0 Å². The highest BCUT2D eigenvalue weighted by Gasteiger charge is 2.34. The number of aliphatic hydroxyl groups is 1. The van der Waals surface area contributed by atoms with Crippen molar-refractivity contribution in [3.8, 4) is 11.5 Å². The zero-order valence-corrected chi connectivity index (χ0v) is 20.4. The van der Waals surface area contributed by atoms with Gasteiger partial charge in [0.05, 0.1) is 4.92 Å². The Morgan fingerprint density at radius 1 is 1.21 bits per heavy atom. The Morgan fingerprint density at radius 2 is 1.91 bits per heavy atom. The van der Waals surface area contributed by atoms with Crippen LogP contribution in [0.2, 0.25) is 0 Å². The topological polar surface area (TPSA) is 106 Å². The molecule has 2 heterocycles. The maximum atomic E-state index is 10.9. The first-order chi connectivity index (χ1) is 16.3. The lowest BCUT2D eigenvalue weighted by Gasteiger charge is -2.40. The van der Waals surface area contributed by atoms with Crippen LogP contribution in [0, 0.1) is 39.7 Å². The number of benzene rings is 1. The number of nitro benzene ring substituents is 1. The highest BCUT2D eigenvalue weighted by Crippen LogP contribution is 2.39. The van der Waals surface area contributed by atoms with E-state index in [0.29, 0.717) is 60.0 Å².